The summed E-state index contributed by atoms with van der Waals surface area (Å²) in [5, 5.41) is 6.41. The van der Waals surface area contributed by atoms with Crippen molar-refractivity contribution in [2.24, 2.45) is 4.99 Å². The van der Waals surface area contributed by atoms with Crippen LogP contribution < -0.4 is 10.6 Å². The Bertz CT molecular complexity index is 571. The first-order valence-electron chi connectivity index (χ1n) is 9.94. The van der Waals surface area contributed by atoms with Gasteiger partial charge in [-0.25, -0.2) is 0 Å². The molecule has 1 atom stereocenters. The molecule has 1 aromatic heterocycles. The summed E-state index contributed by atoms with van der Waals surface area (Å²) < 4.78 is 42.7. The molecule has 2 heterocycles. The summed E-state index contributed by atoms with van der Waals surface area (Å²) in [4.78, 5) is 8.36. The van der Waals surface area contributed by atoms with E-state index in [1.807, 2.05) is 19.1 Å². The van der Waals surface area contributed by atoms with Gasteiger partial charge in [-0.05, 0) is 65.0 Å². The molecule has 0 spiro atoms. The molecule has 1 unspecified atom stereocenters. The Hall–Kier alpha value is -1.74. The monoisotopic (exact) mass is 403 g/mol. The second-order valence-electron chi connectivity index (χ2n) is 7.13. The van der Waals surface area contributed by atoms with Crippen molar-refractivity contribution in [3.8, 4) is 0 Å². The standard InChI is InChI=1S/C19H32F3N5O/c1-3-23-18(24-9-7-10-26(2)15-19(20,21)22)25-14-16(17-8-6-13-28-17)27-11-4-5-12-27/h6,8,13,16H,3-5,7,9-12,14-15H2,1-2H3,(H2,23,24,25). The number of guanidine groups is 1. The number of likely N-dealkylation sites (tertiary alicyclic amines) is 1. The van der Waals surface area contributed by atoms with Gasteiger partial charge in [-0.15, -0.1) is 0 Å². The summed E-state index contributed by atoms with van der Waals surface area (Å²) in [5.41, 5.74) is 0. The predicted molar refractivity (Wildman–Crippen MR) is 104 cm³/mol. The van der Waals surface area contributed by atoms with Crippen LogP contribution in [0.1, 0.15) is 38.0 Å². The highest BCUT2D eigenvalue weighted by Gasteiger charge is 2.29. The second kappa shape index (κ2) is 11.3. The molecule has 1 aromatic rings. The lowest BCUT2D eigenvalue weighted by Crippen LogP contribution is -2.40. The number of hydrogen-bond acceptors (Lipinski definition) is 4. The Morgan fingerprint density at radius 2 is 2.07 bits per heavy atom. The fraction of sp³-hybridized carbons (Fsp3) is 0.737. The van der Waals surface area contributed by atoms with E-state index in [0.717, 1.165) is 25.4 Å². The molecule has 0 bridgehead atoms. The van der Waals surface area contributed by atoms with Gasteiger partial charge in [0.1, 0.15) is 5.76 Å². The number of nitrogens with zero attached hydrogens (tertiary/aromatic N) is 3. The van der Waals surface area contributed by atoms with Gasteiger partial charge < -0.3 is 15.1 Å². The summed E-state index contributed by atoms with van der Waals surface area (Å²) in [7, 11) is 1.48. The minimum atomic E-state index is -4.16. The summed E-state index contributed by atoms with van der Waals surface area (Å²) in [5.74, 6) is 1.59. The van der Waals surface area contributed by atoms with Crippen molar-refractivity contribution >= 4 is 5.96 Å². The maximum Gasteiger partial charge on any atom is 0.401 e. The fourth-order valence-corrected chi connectivity index (χ4v) is 3.38. The molecule has 1 aliphatic heterocycles. The molecule has 1 aliphatic rings. The molecule has 9 heteroatoms. The van der Waals surface area contributed by atoms with Gasteiger partial charge in [0.25, 0.3) is 0 Å². The van der Waals surface area contributed by atoms with Crippen LogP contribution in [0.5, 0.6) is 0 Å². The Morgan fingerprint density at radius 1 is 1.32 bits per heavy atom. The van der Waals surface area contributed by atoms with Gasteiger partial charge >= 0.3 is 6.18 Å². The van der Waals surface area contributed by atoms with Gasteiger partial charge in [-0.1, -0.05) is 0 Å². The number of halogens is 3. The van der Waals surface area contributed by atoms with E-state index in [-0.39, 0.29) is 6.04 Å². The van der Waals surface area contributed by atoms with Gasteiger partial charge in [0.2, 0.25) is 0 Å². The lowest BCUT2D eigenvalue weighted by Gasteiger charge is -2.24. The lowest BCUT2D eigenvalue weighted by molar-refractivity contribution is -0.143. The smallest absolute Gasteiger partial charge is 0.401 e. The van der Waals surface area contributed by atoms with E-state index < -0.39 is 12.7 Å². The average Bonchev–Trinajstić information content (AvgIpc) is 3.31. The van der Waals surface area contributed by atoms with Gasteiger partial charge in [-0.2, -0.15) is 13.2 Å². The molecule has 6 nitrogen and oxygen atoms in total. The van der Waals surface area contributed by atoms with E-state index in [2.05, 4.69) is 20.5 Å². The lowest BCUT2D eigenvalue weighted by atomic mass is 10.2. The van der Waals surface area contributed by atoms with E-state index >= 15 is 0 Å². The van der Waals surface area contributed by atoms with E-state index in [1.54, 1.807) is 6.26 Å². The van der Waals surface area contributed by atoms with Crippen LogP contribution in [0, 0.1) is 0 Å². The molecule has 160 valence electrons. The fourth-order valence-electron chi connectivity index (χ4n) is 3.38. The molecule has 0 amide bonds. The van der Waals surface area contributed by atoms with Gasteiger partial charge in [-0.3, -0.25) is 14.8 Å². The topological polar surface area (TPSA) is 56.0 Å². The third kappa shape index (κ3) is 8.10. The van der Waals surface area contributed by atoms with Crippen LogP contribution in [-0.4, -0.2) is 74.8 Å². The molecule has 0 aliphatic carbocycles. The van der Waals surface area contributed by atoms with Gasteiger partial charge in [0.05, 0.1) is 25.4 Å². The van der Waals surface area contributed by atoms with Crippen LogP contribution in [0.4, 0.5) is 13.2 Å². The number of furan rings is 1. The highest BCUT2D eigenvalue weighted by atomic mass is 19.4. The SMILES string of the molecule is CCNC(=NCC(c1ccco1)N1CCCC1)NCCCN(C)CC(F)(F)F. The molecular formula is C19H32F3N5O. The maximum absolute atomic E-state index is 12.4. The second-order valence-corrected chi connectivity index (χ2v) is 7.13. The quantitative estimate of drug-likeness (QED) is 0.357. The summed E-state index contributed by atoms with van der Waals surface area (Å²) in [6, 6.07) is 3.98. The molecule has 2 N–H and O–H groups in total. The molecule has 28 heavy (non-hydrogen) atoms. The first-order valence-corrected chi connectivity index (χ1v) is 9.94. The van der Waals surface area contributed by atoms with Crippen molar-refractivity contribution in [1.82, 2.24) is 20.4 Å². The first-order chi connectivity index (χ1) is 13.4. The Kier molecular flexibility index (Phi) is 9.11. The summed E-state index contributed by atoms with van der Waals surface area (Å²) >= 11 is 0. The molecule has 0 aromatic carbocycles. The Morgan fingerprint density at radius 3 is 2.68 bits per heavy atom. The van der Waals surface area contributed by atoms with Crippen LogP contribution in [0.3, 0.4) is 0 Å². The molecule has 0 radical (unpaired) electrons. The van der Waals surface area contributed by atoms with Crippen molar-refractivity contribution in [1.29, 1.82) is 0 Å². The Labute approximate surface area is 165 Å². The van der Waals surface area contributed by atoms with Crippen LogP contribution in [0.25, 0.3) is 0 Å². The number of alkyl halides is 3. The molecule has 1 saturated heterocycles. The van der Waals surface area contributed by atoms with E-state index in [1.165, 1.54) is 24.8 Å². The highest BCUT2D eigenvalue weighted by molar-refractivity contribution is 5.79. The molecule has 1 fully saturated rings. The Balaban J connectivity index is 1.84. The van der Waals surface area contributed by atoms with Crippen LogP contribution in [0.2, 0.25) is 0 Å². The first kappa shape index (κ1) is 22.5. The summed E-state index contributed by atoms with van der Waals surface area (Å²) in [6.07, 6.45) is 0.498. The van der Waals surface area contributed by atoms with Gasteiger partial charge in [0, 0.05) is 13.1 Å². The third-order valence-corrected chi connectivity index (χ3v) is 4.68. The van der Waals surface area contributed by atoms with Crippen molar-refractivity contribution in [2.45, 2.75) is 38.4 Å². The number of rotatable bonds is 10. The van der Waals surface area contributed by atoms with Crippen molar-refractivity contribution in [2.75, 3.05) is 52.9 Å². The molecular weight excluding hydrogens is 371 g/mol. The van der Waals surface area contributed by atoms with E-state index in [4.69, 9.17) is 4.42 Å². The number of nitrogens with one attached hydrogen (secondary N) is 2. The zero-order chi connectivity index (χ0) is 20.4. The largest absolute Gasteiger partial charge is 0.468 e. The van der Waals surface area contributed by atoms with Crippen molar-refractivity contribution in [3.63, 3.8) is 0 Å². The number of hydrogen-bond donors (Lipinski definition) is 2. The summed E-state index contributed by atoms with van der Waals surface area (Å²) in [6.45, 7) is 5.39. The van der Waals surface area contributed by atoms with E-state index in [0.29, 0.717) is 32.0 Å². The third-order valence-electron chi connectivity index (χ3n) is 4.68. The van der Waals surface area contributed by atoms with Crippen LogP contribution in [0.15, 0.2) is 27.8 Å². The maximum atomic E-state index is 12.4. The van der Waals surface area contributed by atoms with E-state index in [9.17, 15) is 13.2 Å². The van der Waals surface area contributed by atoms with Crippen molar-refractivity contribution in [3.05, 3.63) is 24.2 Å². The zero-order valence-corrected chi connectivity index (χ0v) is 16.8. The average molecular weight is 403 g/mol. The van der Waals surface area contributed by atoms with Crippen molar-refractivity contribution < 1.29 is 17.6 Å². The van der Waals surface area contributed by atoms with Gasteiger partial charge in [0.15, 0.2) is 5.96 Å². The number of aliphatic imine (C=N–C) groups is 1. The van der Waals surface area contributed by atoms with Crippen LogP contribution in [-0.2, 0) is 0 Å². The molecule has 2 rings (SSSR count). The molecule has 0 saturated carbocycles. The predicted octanol–water partition coefficient (Wildman–Crippen LogP) is 2.86. The minimum absolute atomic E-state index is 0.103. The normalized spacial score (nSPS) is 17.3. The zero-order valence-electron chi connectivity index (χ0n) is 16.8. The van der Waals surface area contributed by atoms with Crippen LogP contribution >= 0.6 is 0 Å². The minimum Gasteiger partial charge on any atom is -0.468 e. The highest BCUT2D eigenvalue weighted by Crippen LogP contribution is 2.25.